The molecule has 4 N–H and O–H groups in total. The summed E-state index contributed by atoms with van der Waals surface area (Å²) in [5, 5.41) is 34.8. The second-order valence-corrected chi connectivity index (χ2v) is 2.21. The number of carbonyl (C=O) groups excluding carboxylic acids is 1. The summed E-state index contributed by atoms with van der Waals surface area (Å²) in [6, 6.07) is 0. The minimum atomic E-state index is -1.47. The van der Waals surface area contributed by atoms with Crippen LogP contribution in [0.2, 0.25) is 0 Å². The average Bonchev–Trinajstić information content (AvgIpc) is 2.02. The number of aliphatic hydroxyl groups excluding tert-OH is 4. The Bertz CT molecular complexity index is 121. The Morgan fingerprint density at radius 3 is 2.00 bits per heavy atom. The maximum Gasteiger partial charge on any atom is 0.122 e. The van der Waals surface area contributed by atoms with Gasteiger partial charge in [-0.25, -0.2) is 0 Å². The van der Waals surface area contributed by atoms with Crippen molar-refractivity contribution in [1.29, 1.82) is 0 Å². The molecular formula is C6H12O5Zn. The monoisotopic (exact) mass is 228 g/mol. The van der Waals surface area contributed by atoms with Gasteiger partial charge in [0, 0.05) is 25.9 Å². The first-order valence-electron chi connectivity index (χ1n) is 3.22. The largest absolute Gasteiger partial charge is 0.394 e. The molecule has 0 amide bonds. The van der Waals surface area contributed by atoms with Gasteiger partial charge in [-0.05, 0) is 0 Å². The van der Waals surface area contributed by atoms with Gasteiger partial charge in [0.1, 0.15) is 18.5 Å². The minimum absolute atomic E-state index is 0. The van der Waals surface area contributed by atoms with E-state index >= 15 is 0 Å². The van der Waals surface area contributed by atoms with Crippen LogP contribution in [0.3, 0.4) is 0 Å². The molecule has 12 heavy (non-hydrogen) atoms. The maximum atomic E-state index is 9.82. The van der Waals surface area contributed by atoms with Crippen LogP contribution in [0.4, 0.5) is 0 Å². The molecule has 5 nitrogen and oxygen atoms in total. The molecule has 0 aliphatic carbocycles. The van der Waals surface area contributed by atoms with Crippen LogP contribution in [0.15, 0.2) is 0 Å². The average molecular weight is 230 g/mol. The molecule has 0 radical (unpaired) electrons. The summed E-state index contributed by atoms with van der Waals surface area (Å²) in [5.74, 6) is 0. The van der Waals surface area contributed by atoms with Crippen molar-refractivity contribution in [3.05, 3.63) is 0 Å². The first-order valence-corrected chi connectivity index (χ1v) is 3.22. The van der Waals surface area contributed by atoms with E-state index in [4.69, 9.17) is 20.4 Å². The van der Waals surface area contributed by atoms with Gasteiger partial charge >= 0.3 is 0 Å². The van der Waals surface area contributed by atoms with Crippen LogP contribution in [-0.4, -0.2) is 51.6 Å². The first-order chi connectivity index (χ1) is 5.13. The summed E-state index contributed by atoms with van der Waals surface area (Å²) in [5.41, 5.74) is 0. The molecule has 0 rings (SSSR count). The van der Waals surface area contributed by atoms with Crippen molar-refractivity contribution >= 4 is 6.29 Å². The van der Waals surface area contributed by atoms with E-state index < -0.39 is 24.9 Å². The second kappa shape index (κ2) is 7.77. The first kappa shape index (κ1) is 14.6. The molecule has 0 aromatic carbocycles. The van der Waals surface area contributed by atoms with Gasteiger partial charge in [0.2, 0.25) is 0 Å². The van der Waals surface area contributed by atoms with E-state index in [2.05, 4.69) is 0 Å². The molecule has 0 aromatic heterocycles. The van der Waals surface area contributed by atoms with Gasteiger partial charge in [0.05, 0.1) is 12.7 Å². The second-order valence-electron chi connectivity index (χ2n) is 2.21. The van der Waals surface area contributed by atoms with Crippen LogP contribution in [0, 0.1) is 0 Å². The third kappa shape index (κ3) is 4.90. The van der Waals surface area contributed by atoms with E-state index in [9.17, 15) is 4.79 Å². The van der Waals surface area contributed by atoms with Crippen LogP contribution in [0.1, 0.15) is 6.42 Å². The van der Waals surface area contributed by atoms with Gasteiger partial charge in [-0.1, -0.05) is 0 Å². The third-order valence-electron chi connectivity index (χ3n) is 1.31. The molecule has 6 heteroatoms. The number of rotatable bonds is 5. The van der Waals surface area contributed by atoms with Crippen molar-refractivity contribution in [1.82, 2.24) is 0 Å². The summed E-state index contributed by atoms with van der Waals surface area (Å²) in [4.78, 5) is 9.82. The molecule has 0 aliphatic heterocycles. The number of hydrogen-bond acceptors (Lipinski definition) is 5. The molecule has 0 saturated carbocycles. The summed E-state index contributed by atoms with van der Waals surface area (Å²) in [6.45, 7) is -0.642. The van der Waals surface area contributed by atoms with Crippen molar-refractivity contribution < 1.29 is 44.7 Å². The zero-order chi connectivity index (χ0) is 8.85. The number of hydrogen-bond donors (Lipinski definition) is 4. The zero-order valence-electron chi connectivity index (χ0n) is 6.63. The summed E-state index contributed by atoms with van der Waals surface area (Å²) < 4.78 is 0. The SMILES string of the molecule is O=CCC(O)C(O)C(O)CO.[Zn]. The van der Waals surface area contributed by atoms with Crippen molar-refractivity contribution in [2.24, 2.45) is 0 Å². The molecule has 0 heterocycles. The van der Waals surface area contributed by atoms with Gasteiger partial charge in [0.25, 0.3) is 0 Å². The van der Waals surface area contributed by atoms with Crippen LogP contribution in [0.25, 0.3) is 0 Å². The molecule has 0 saturated heterocycles. The van der Waals surface area contributed by atoms with E-state index in [-0.39, 0.29) is 25.9 Å². The van der Waals surface area contributed by atoms with Crippen LogP contribution >= 0.6 is 0 Å². The van der Waals surface area contributed by atoms with Crippen molar-refractivity contribution in [3.8, 4) is 0 Å². The number of aliphatic hydroxyl groups is 4. The Morgan fingerprint density at radius 1 is 1.17 bits per heavy atom. The Hall–Kier alpha value is 0.133. The molecule has 3 unspecified atom stereocenters. The fourth-order valence-corrected chi connectivity index (χ4v) is 0.602. The summed E-state index contributed by atoms with van der Waals surface area (Å²) >= 11 is 0. The quantitative estimate of drug-likeness (QED) is 0.313. The Balaban J connectivity index is 0. The fraction of sp³-hybridized carbons (Fsp3) is 0.833. The fourth-order valence-electron chi connectivity index (χ4n) is 0.602. The van der Waals surface area contributed by atoms with Gasteiger partial charge < -0.3 is 25.2 Å². The van der Waals surface area contributed by atoms with Crippen molar-refractivity contribution in [2.45, 2.75) is 24.7 Å². The van der Waals surface area contributed by atoms with E-state index in [1.54, 1.807) is 0 Å². The minimum Gasteiger partial charge on any atom is -0.394 e. The number of carbonyl (C=O) groups is 1. The predicted molar refractivity (Wildman–Crippen MR) is 35.8 cm³/mol. The molecule has 68 valence electrons. The molecule has 0 fully saturated rings. The predicted octanol–water partition coefficient (Wildman–Crippen LogP) is -2.35. The zero-order valence-corrected chi connectivity index (χ0v) is 9.59. The Kier molecular flexibility index (Phi) is 9.48. The number of aldehydes is 1. The van der Waals surface area contributed by atoms with Gasteiger partial charge in [-0.2, -0.15) is 0 Å². The third-order valence-corrected chi connectivity index (χ3v) is 1.31. The van der Waals surface area contributed by atoms with E-state index in [1.807, 2.05) is 0 Å². The van der Waals surface area contributed by atoms with Crippen molar-refractivity contribution in [2.75, 3.05) is 6.61 Å². The Labute approximate surface area is 82.8 Å². The molecule has 0 aliphatic rings. The Morgan fingerprint density at radius 2 is 1.67 bits per heavy atom. The standard InChI is InChI=1S/C6H12O5.Zn/c7-2-1-4(9)6(11)5(10)3-8;/h2,4-6,8-11H,1,3H2;. The van der Waals surface area contributed by atoms with Crippen molar-refractivity contribution in [3.63, 3.8) is 0 Å². The van der Waals surface area contributed by atoms with Gasteiger partial charge in [-0.15, -0.1) is 0 Å². The smallest absolute Gasteiger partial charge is 0.122 e. The van der Waals surface area contributed by atoms with Crippen LogP contribution in [0.5, 0.6) is 0 Å². The topological polar surface area (TPSA) is 98.0 Å². The van der Waals surface area contributed by atoms with E-state index in [0.29, 0.717) is 6.29 Å². The van der Waals surface area contributed by atoms with E-state index in [1.165, 1.54) is 0 Å². The van der Waals surface area contributed by atoms with Crippen LogP contribution in [-0.2, 0) is 24.3 Å². The molecule has 0 bridgehead atoms. The van der Waals surface area contributed by atoms with Gasteiger partial charge in [0.15, 0.2) is 0 Å². The molecular weight excluding hydrogens is 217 g/mol. The molecule has 0 spiro atoms. The molecule has 0 aromatic rings. The van der Waals surface area contributed by atoms with Crippen LogP contribution < -0.4 is 0 Å². The summed E-state index contributed by atoms with van der Waals surface area (Å²) in [6.07, 6.45) is -4.00. The van der Waals surface area contributed by atoms with Gasteiger partial charge in [-0.3, -0.25) is 0 Å². The normalized spacial score (nSPS) is 17.3. The maximum absolute atomic E-state index is 9.82. The summed E-state index contributed by atoms with van der Waals surface area (Å²) in [7, 11) is 0. The molecule has 3 atom stereocenters. The van der Waals surface area contributed by atoms with E-state index in [0.717, 1.165) is 0 Å².